The topological polar surface area (TPSA) is 84.0 Å². The smallest absolute Gasteiger partial charge is 0.255 e. The number of nitrogens with zero attached hydrogens (tertiary/aromatic N) is 2. The third kappa shape index (κ3) is 7.07. The highest BCUT2D eigenvalue weighted by atomic mass is 16.2. The highest BCUT2D eigenvalue weighted by Crippen LogP contribution is 2.14. The van der Waals surface area contributed by atoms with Crippen molar-refractivity contribution >= 4 is 23.2 Å². The fourth-order valence-corrected chi connectivity index (χ4v) is 3.61. The fraction of sp³-hybridized carbons (Fsp3) is 0. The highest BCUT2D eigenvalue weighted by Gasteiger charge is 2.10. The Hall–Kier alpha value is -5.98. The minimum atomic E-state index is -0.272. The quantitative estimate of drug-likeness (QED) is 0.296. The van der Waals surface area contributed by atoms with Gasteiger partial charge in [0.25, 0.3) is 11.8 Å². The zero-order chi connectivity index (χ0) is 27.6. The van der Waals surface area contributed by atoms with E-state index in [1.165, 1.54) is 0 Å². The Balaban J connectivity index is 1.15. The minimum Gasteiger partial charge on any atom is -0.322 e. The number of anilines is 2. The molecule has 0 saturated heterocycles. The zero-order valence-corrected chi connectivity index (χ0v) is 21.3. The monoisotopic (exact) mass is 518 g/mol. The Morgan fingerprint density at radius 2 is 0.725 bits per heavy atom. The van der Waals surface area contributed by atoms with Gasteiger partial charge < -0.3 is 10.6 Å². The third-order valence-electron chi connectivity index (χ3n) is 5.76. The van der Waals surface area contributed by atoms with Crippen LogP contribution in [-0.4, -0.2) is 21.8 Å². The van der Waals surface area contributed by atoms with Crippen LogP contribution in [0.2, 0.25) is 0 Å². The Morgan fingerprint density at radius 1 is 0.425 bits per heavy atom. The number of benzene rings is 3. The van der Waals surface area contributed by atoms with Crippen molar-refractivity contribution in [2.75, 3.05) is 10.6 Å². The van der Waals surface area contributed by atoms with E-state index >= 15 is 0 Å². The second-order valence-corrected chi connectivity index (χ2v) is 8.61. The minimum absolute atomic E-state index is 0.272. The average Bonchev–Trinajstić information content (AvgIpc) is 3.01. The second-order valence-electron chi connectivity index (χ2n) is 8.61. The summed E-state index contributed by atoms with van der Waals surface area (Å²) in [7, 11) is 0. The molecule has 0 spiro atoms. The number of rotatable bonds is 4. The van der Waals surface area contributed by atoms with Crippen LogP contribution in [-0.2, 0) is 0 Å². The number of carbonyl (C=O) groups excluding carboxylic acids is 2. The molecule has 40 heavy (non-hydrogen) atoms. The van der Waals surface area contributed by atoms with E-state index in [4.69, 9.17) is 0 Å². The normalized spacial score (nSPS) is 9.80. The van der Waals surface area contributed by atoms with Gasteiger partial charge in [-0.3, -0.25) is 19.6 Å². The zero-order valence-electron chi connectivity index (χ0n) is 21.3. The van der Waals surface area contributed by atoms with Crippen LogP contribution >= 0.6 is 0 Å². The van der Waals surface area contributed by atoms with Gasteiger partial charge in [0.2, 0.25) is 0 Å². The molecule has 6 nitrogen and oxygen atoms in total. The summed E-state index contributed by atoms with van der Waals surface area (Å²) in [5.74, 6) is 11.8. The summed E-state index contributed by atoms with van der Waals surface area (Å²) in [5.41, 5.74) is 5.60. The lowest BCUT2D eigenvalue weighted by Gasteiger charge is -2.08. The molecular formula is C34H22N4O2. The molecule has 0 aliphatic rings. The maximum Gasteiger partial charge on any atom is 0.255 e. The lowest BCUT2D eigenvalue weighted by Crippen LogP contribution is -2.14. The fourth-order valence-electron chi connectivity index (χ4n) is 3.61. The van der Waals surface area contributed by atoms with E-state index in [2.05, 4.69) is 44.3 Å². The number of hydrogen-bond acceptors (Lipinski definition) is 4. The first kappa shape index (κ1) is 25.7. The van der Waals surface area contributed by atoms with Crippen LogP contribution in [0.4, 0.5) is 11.4 Å². The lowest BCUT2D eigenvalue weighted by atomic mass is 10.1. The highest BCUT2D eigenvalue weighted by molar-refractivity contribution is 6.07. The first-order chi connectivity index (χ1) is 19.6. The standard InChI is InChI=1S/C34H22N4O2/c39-33(37-31-13-5-25(6-14-31)1-3-27-17-21-35-22-18-27)29-9-11-30(12-10-29)34(40)38-32-15-7-26(8-16-32)2-4-28-19-23-36-24-20-28/h5-24H,(H,37,39)(H,38,40). The Morgan fingerprint density at radius 3 is 1.05 bits per heavy atom. The van der Waals surface area contributed by atoms with Crippen LogP contribution in [0.25, 0.3) is 0 Å². The van der Waals surface area contributed by atoms with Crippen LogP contribution in [0.5, 0.6) is 0 Å². The first-order valence-electron chi connectivity index (χ1n) is 12.4. The van der Waals surface area contributed by atoms with E-state index in [9.17, 15) is 9.59 Å². The number of hydrogen-bond donors (Lipinski definition) is 2. The lowest BCUT2D eigenvalue weighted by molar-refractivity contribution is 0.101. The van der Waals surface area contributed by atoms with Gasteiger partial charge in [-0.05, 0) is 97.1 Å². The van der Waals surface area contributed by atoms with Crippen LogP contribution in [0.1, 0.15) is 43.0 Å². The number of amides is 2. The maximum absolute atomic E-state index is 12.7. The molecule has 0 fully saturated rings. The molecule has 2 heterocycles. The van der Waals surface area contributed by atoms with Crippen LogP contribution in [0, 0.1) is 23.7 Å². The van der Waals surface area contributed by atoms with E-state index in [1.807, 2.05) is 48.5 Å². The molecular weight excluding hydrogens is 496 g/mol. The van der Waals surface area contributed by atoms with Crippen molar-refractivity contribution in [1.29, 1.82) is 0 Å². The molecule has 2 amide bonds. The molecule has 5 rings (SSSR count). The molecule has 0 bridgehead atoms. The van der Waals surface area contributed by atoms with E-state index in [-0.39, 0.29) is 11.8 Å². The van der Waals surface area contributed by atoms with E-state index in [1.54, 1.807) is 73.3 Å². The predicted molar refractivity (Wildman–Crippen MR) is 156 cm³/mol. The van der Waals surface area contributed by atoms with Gasteiger partial charge in [0, 0.05) is 69.5 Å². The number of pyridine rings is 2. The summed E-state index contributed by atoms with van der Waals surface area (Å²) in [6, 6.07) is 28.4. The molecule has 0 atom stereocenters. The predicted octanol–water partition coefficient (Wildman–Crippen LogP) is 5.78. The van der Waals surface area contributed by atoms with Gasteiger partial charge in [0.1, 0.15) is 0 Å². The average molecular weight is 519 g/mol. The molecule has 5 aromatic rings. The summed E-state index contributed by atoms with van der Waals surface area (Å²) in [5, 5.41) is 5.73. The van der Waals surface area contributed by atoms with Gasteiger partial charge in [-0.15, -0.1) is 0 Å². The number of carbonyl (C=O) groups is 2. The molecule has 0 saturated carbocycles. The van der Waals surface area contributed by atoms with Crippen molar-refractivity contribution in [3.8, 4) is 23.7 Å². The molecule has 190 valence electrons. The Kier molecular flexibility index (Phi) is 8.03. The third-order valence-corrected chi connectivity index (χ3v) is 5.76. The van der Waals surface area contributed by atoms with Gasteiger partial charge in [-0.1, -0.05) is 23.7 Å². The van der Waals surface area contributed by atoms with Gasteiger partial charge >= 0.3 is 0 Å². The van der Waals surface area contributed by atoms with E-state index < -0.39 is 0 Å². The van der Waals surface area contributed by atoms with Crippen molar-refractivity contribution in [3.05, 3.63) is 155 Å². The van der Waals surface area contributed by atoms with Gasteiger partial charge in [-0.25, -0.2) is 0 Å². The molecule has 0 radical (unpaired) electrons. The van der Waals surface area contributed by atoms with Gasteiger partial charge in [0.05, 0.1) is 0 Å². The number of nitrogens with one attached hydrogen (secondary N) is 2. The number of aromatic nitrogens is 2. The van der Waals surface area contributed by atoms with Crippen LogP contribution in [0.15, 0.2) is 122 Å². The SMILES string of the molecule is O=C(Nc1ccc(C#Cc2ccncc2)cc1)c1ccc(C(=O)Nc2ccc(C#Cc3ccncc3)cc2)cc1. The van der Waals surface area contributed by atoms with Crippen molar-refractivity contribution in [2.24, 2.45) is 0 Å². The van der Waals surface area contributed by atoms with Crippen molar-refractivity contribution in [2.45, 2.75) is 0 Å². The van der Waals surface area contributed by atoms with Crippen LogP contribution in [0.3, 0.4) is 0 Å². The summed E-state index contributed by atoms with van der Waals surface area (Å²) < 4.78 is 0. The van der Waals surface area contributed by atoms with E-state index in [0.717, 1.165) is 22.3 Å². The summed E-state index contributed by atoms with van der Waals surface area (Å²) in [6.07, 6.45) is 6.79. The molecule has 2 aromatic heterocycles. The Bertz CT molecular complexity index is 1610. The second kappa shape index (κ2) is 12.5. The summed E-state index contributed by atoms with van der Waals surface area (Å²) in [4.78, 5) is 33.4. The maximum atomic E-state index is 12.7. The van der Waals surface area contributed by atoms with E-state index in [0.29, 0.717) is 22.5 Å². The molecule has 6 heteroatoms. The van der Waals surface area contributed by atoms with Crippen molar-refractivity contribution < 1.29 is 9.59 Å². The largest absolute Gasteiger partial charge is 0.322 e. The molecule has 0 aliphatic carbocycles. The molecule has 3 aromatic carbocycles. The molecule has 2 N–H and O–H groups in total. The molecule has 0 unspecified atom stereocenters. The van der Waals surface area contributed by atoms with Gasteiger partial charge in [-0.2, -0.15) is 0 Å². The molecule has 0 aliphatic heterocycles. The van der Waals surface area contributed by atoms with Crippen molar-refractivity contribution in [3.63, 3.8) is 0 Å². The Labute approximate surface area is 232 Å². The first-order valence-corrected chi connectivity index (χ1v) is 12.4. The summed E-state index contributed by atoms with van der Waals surface area (Å²) >= 11 is 0. The van der Waals surface area contributed by atoms with Crippen molar-refractivity contribution in [1.82, 2.24) is 9.97 Å². The van der Waals surface area contributed by atoms with Crippen LogP contribution < -0.4 is 10.6 Å². The van der Waals surface area contributed by atoms with Gasteiger partial charge in [0.15, 0.2) is 0 Å². The summed E-state index contributed by atoms with van der Waals surface area (Å²) in [6.45, 7) is 0.